The highest BCUT2D eigenvalue weighted by molar-refractivity contribution is 5.98. The van der Waals surface area contributed by atoms with Crippen LogP contribution in [0.15, 0.2) is 73.1 Å². The molecule has 1 saturated carbocycles. The van der Waals surface area contributed by atoms with Crippen molar-refractivity contribution in [3.05, 3.63) is 78.6 Å². The van der Waals surface area contributed by atoms with Crippen molar-refractivity contribution in [1.82, 2.24) is 9.78 Å². The van der Waals surface area contributed by atoms with Crippen LogP contribution in [0.2, 0.25) is 0 Å². The maximum absolute atomic E-state index is 13.0. The van der Waals surface area contributed by atoms with Crippen LogP contribution >= 0.6 is 0 Å². The second-order valence-corrected chi connectivity index (χ2v) is 6.63. The van der Waals surface area contributed by atoms with Crippen molar-refractivity contribution in [1.29, 1.82) is 0 Å². The van der Waals surface area contributed by atoms with Gasteiger partial charge in [-0.3, -0.25) is 14.3 Å². The minimum absolute atomic E-state index is 0.0391. The first-order valence-corrected chi connectivity index (χ1v) is 8.96. The Bertz CT molecular complexity index is 934. The van der Waals surface area contributed by atoms with Gasteiger partial charge >= 0.3 is 0 Å². The molecule has 6 nitrogen and oxygen atoms in total. The van der Waals surface area contributed by atoms with Crippen molar-refractivity contribution in [2.75, 3.05) is 10.6 Å². The first-order valence-electron chi connectivity index (χ1n) is 8.96. The van der Waals surface area contributed by atoms with E-state index < -0.39 is 6.04 Å². The van der Waals surface area contributed by atoms with Crippen molar-refractivity contribution in [3.8, 4) is 0 Å². The van der Waals surface area contributed by atoms with Crippen molar-refractivity contribution >= 4 is 23.2 Å². The van der Waals surface area contributed by atoms with Crippen LogP contribution in [0.1, 0.15) is 24.4 Å². The molecule has 27 heavy (non-hydrogen) atoms. The zero-order chi connectivity index (χ0) is 18.6. The van der Waals surface area contributed by atoms with E-state index in [9.17, 15) is 9.59 Å². The van der Waals surface area contributed by atoms with Crippen molar-refractivity contribution < 1.29 is 9.59 Å². The fourth-order valence-corrected chi connectivity index (χ4v) is 2.97. The molecule has 0 bridgehead atoms. The van der Waals surface area contributed by atoms with Crippen LogP contribution in [0.4, 0.5) is 11.4 Å². The molecular formula is C21H20N4O2. The van der Waals surface area contributed by atoms with Crippen molar-refractivity contribution in [2.24, 2.45) is 5.92 Å². The summed E-state index contributed by atoms with van der Waals surface area (Å²) in [4.78, 5) is 25.0. The molecule has 1 aromatic heterocycles. The number of rotatable bonds is 6. The van der Waals surface area contributed by atoms with Crippen LogP contribution in [0, 0.1) is 5.92 Å². The maximum atomic E-state index is 13.0. The minimum atomic E-state index is -0.578. The molecule has 0 radical (unpaired) electrons. The van der Waals surface area contributed by atoms with Gasteiger partial charge in [0.2, 0.25) is 5.91 Å². The van der Waals surface area contributed by atoms with Crippen LogP contribution in [-0.2, 0) is 9.59 Å². The van der Waals surface area contributed by atoms with E-state index in [1.54, 1.807) is 35.3 Å². The summed E-state index contributed by atoms with van der Waals surface area (Å²) in [6.07, 6.45) is 5.32. The van der Waals surface area contributed by atoms with Gasteiger partial charge in [0.25, 0.3) is 5.91 Å². The van der Waals surface area contributed by atoms with Crippen LogP contribution in [0.3, 0.4) is 0 Å². The van der Waals surface area contributed by atoms with E-state index in [0.717, 1.165) is 18.4 Å². The third-order valence-electron chi connectivity index (χ3n) is 4.50. The van der Waals surface area contributed by atoms with Crippen LogP contribution < -0.4 is 10.6 Å². The van der Waals surface area contributed by atoms with E-state index in [1.807, 2.05) is 42.5 Å². The Morgan fingerprint density at radius 3 is 2.37 bits per heavy atom. The smallest absolute Gasteiger partial charge is 0.253 e. The standard InChI is InChI=1S/C21H20N4O2/c26-20(16-10-11-16)23-17-8-4-9-18(14-17)24-21(27)19(25-13-5-12-22-25)15-6-2-1-3-7-15/h1-9,12-14,16,19H,10-11H2,(H,23,26)(H,24,27). The van der Waals surface area contributed by atoms with Gasteiger partial charge in [-0.1, -0.05) is 36.4 Å². The third kappa shape index (κ3) is 4.06. The molecule has 1 atom stereocenters. The number of nitrogens with zero attached hydrogens (tertiary/aromatic N) is 2. The average Bonchev–Trinajstić information content (AvgIpc) is 3.40. The van der Waals surface area contributed by atoms with Gasteiger partial charge in [-0.05, 0) is 42.7 Å². The molecule has 2 aromatic carbocycles. The molecule has 0 aliphatic heterocycles. The average molecular weight is 360 g/mol. The monoisotopic (exact) mass is 360 g/mol. The largest absolute Gasteiger partial charge is 0.326 e. The van der Waals surface area contributed by atoms with E-state index in [2.05, 4.69) is 15.7 Å². The summed E-state index contributed by atoms with van der Waals surface area (Å²) in [6.45, 7) is 0. The molecule has 1 aliphatic rings. The quantitative estimate of drug-likeness (QED) is 0.707. The second kappa shape index (κ2) is 7.45. The van der Waals surface area contributed by atoms with E-state index in [4.69, 9.17) is 0 Å². The molecule has 1 heterocycles. The number of aromatic nitrogens is 2. The van der Waals surface area contributed by atoms with Gasteiger partial charge in [-0.2, -0.15) is 5.10 Å². The Balaban J connectivity index is 1.53. The Labute approximate surface area is 157 Å². The molecule has 4 rings (SSSR count). The number of amides is 2. The maximum Gasteiger partial charge on any atom is 0.253 e. The lowest BCUT2D eigenvalue weighted by atomic mass is 10.1. The van der Waals surface area contributed by atoms with Gasteiger partial charge in [0.05, 0.1) is 0 Å². The lowest BCUT2D eigenvalue weighted by Crippen LogP contribution is -2.27. The number of anilines is 2. The zero-order valence-electron chi connectivity index (χ0n) is 14.7. The first kappa shape index (κ1) is 17.0. The lowest BCUT2D eigenvalue weighted by molar-refractivity contribution is -0.118. The molecule has 2 N–H and O–H groups in total. The summed E-state index contributed by atoms with van der Waals surface area (Å²) in [5.74, 6) is -0.0294. The molecule has 6 heteroatoms. The Hall–Kier alpha value is -3.41. The summed E-state index contributed by atoms with van der Waals surface area (Å²) in [5, 5.41) is 10.1. The van der Waals surface area contributed by atoms with Gasteiger partial charge in [0.1, 0.15) is 0 Å². The molecule has 1 fully saturated rings. The highest BCUT2D eigenvalue weighted by atomic mass is 16.2. The van der Waals surface area contributed by atoms with Gasteiger partial charge in [0, 0.05) is 29.7 Å². The van der Waals surface area contributed by atoms with Crippen LogP contribution in [-0.4, -0.2) is 21.6 Å². The van der Waals surface area contributed by atoms with Crippen molar-refractivity contribution in [2.45, 2.75) is 18.9 Å². The summed E-state index contributed by atoms with van der Waals surface area (Å²) >= 11 is 0. The molecule has 0 saturated heterocycles. The summed E-state index contributed by atoms with van der Waals surface area (Å²) in [6, 6.07) is 17.9. The zero-order valence-corrected chi connectivity index (χ0v) is 14.7. The van der Waals surface area contributed by atoms with Crippen molar-refractivity contribution in [3.63, 3.8) is 0 Å². The third-order valence-corrected chi connectivity index (χ3v) is 4.50. The normalized spacial score (nSPS) is 14.4. The number of hydrogen-bond acceptors (Lipinski definition) is 3. The Kier molecular flexibility index (Phi) is 4.70. The number of carbonyl (C=O) groups is 2. The van der Waals surface area contributed by atoms with Crippen LogP contribution in [0.25, 0.3) is 0 Å². The fraction of sp³-hybridized carbons (Fsp3) is 0.190. The van der Waals surface area contributed by atoms with Gasteiger partial charge in [0.15, 0.2) is 6.04 Å². The minimum Gasteiger partial charge on any atom is -0.326 e. The van der Waals surface area contributed by atoms with E-state index in [1.165, 1.54) is 0 Å². The molecule has 1 unspecified atom stereocenters. The molecule has 136 valence electrons. The van der Waals surface area contributed by atoms with Gasteiger partial charge in [-0.15, -0.1) is 0 Å². The molecule has 0 spiro atoms. The van der Waals surface area contributed by atoms with E-state index in [-0.39, 0.29) is 17.7 Å². The number of hydrogen-bond donors (Lipinski definition) is 2. The Morgan fingerprint density at radius 2 is 1.70 bits per heavy atom. The lowest BCUT2D eigenvalue weighted by Gasteiger charge is -2.18. The first-order chi connectivity index (χ1) is 13.2. The predicted molar refractivity (Wildman–Crippen MR) is 103 cm³/mol. The topological polar surface area (TPSA) is 76.0 Å². The summed E-state index contributed by atoms with van der Waals surface area (Å²) < 4.78 is 1.63. The summed E-state index contributed by atoms with van der Waals surface area (Å²) in [7, 11) is 0. The predicted octanol–water partition coefficient (Wildman–Crippen LogP) is 3.46. The number of benzene rings is 2. The summed E-state index contributed by atoms with van der Waals surface area (Å²) in [5.41, 5.74) is 2.15. The number of carbonyl (C=O) groups excluding carboxylic acids is 2. The highest BCUT2D eigenvalue weighted by Gasteiger charge is 2.29. The molecule has 2 amide bonds. The van der Waals surface area contributed by atoms with Crippen LogP contribution in [0.5, 0.6) is 0 Å². The molecular weight excluding hydrogens is 340 g/mol. The van der Waals surface area contributed by atoms with Gasteiger partial charge in [-0.25, -0.2) is 0 Å². The van der Waals surface area contributed by atoms with E-state index >= 15 is 0 Å². The SMILES string of the molecule is O=C(Nc1cccc(NC(=O)C(c2ccccc2)n2cccn2)c1)C1CC1. The Morgan fingerprint density at radius 1 is 0.963 bits per heavy atom. The molecule has 3 aromatic rings. The fourth-order valence-electron chi connectivity index (χ4n) is 2.97. The number of nitrogens with one attached hydrogen (secondary N) is 2. The molecule has 1 aliphatic carbocycles. The second-order valence-electron chi connectivity index (χ2n) is 6.63. The van der Waals surface area contributed by atoms with Gasteiger partial charge < -0.3 is 10.6 Å². The van der Waals surface area contributed by atoms with E-state index in [0.29, 0.717) is 11.4 Å². The highest BCUT2D eigenvalue weighted by Crippen LogP contribution is 2.30.